The molecule has 112 valence electrons. The van der Waals surface area contributed by atoms with Crippen molar-refractivity contribution >= 4 is 11.6 Å². The molecule has 20 heavy (non-hydrogen) atoms. The Morgan fingerprint density at radius 3 is 2.65 bits per heavy atom. The van der Waals surface area contributed by atoms with Crippen LogP contribution in [0.15, 0.2) is 24.3 Å². The molecule has 0 aromatic heterocycles. The highest BCUT2D eigenvalue weighted by molar-refractivity contribution is 6.30. The predicted molar refractivity (Wildman–Crippen MR) is 88.4 cm³/mol. The van der Waals surface area contributed by atoms with Gasteiger partial charge in [-0.05, 0) is 62.6 Å². The lowest BCUT2D eigenvalue weighted by atomic mass is 9.83. The zero-order valence-electron chi connectivity index (χ0n) is 12.9. The van der Waals surface area contributed by atoms with E-state index in [-0.39, 0.29) is 0 Å². The summed E-state index contributed by atoms with van der Waals surface area (Å²) in [6, 6.07) is 9.48. The van der Waals surface area contributed by atoms with Crippen LogP contribution in [0.3, 0.4) is 0 Å². The van der Waals surface area contributed by atoms with Gasteiger partial charge in [0.15, 0.2) is 0 Å². The topological polar surface area (TPSA) is 12.0 Å². The maximum absolute atomic E-state index is 6.05. The largest absolute Gasteiger partial charge is 0.311 e. The Labute approximate surface area is 129 Å². The predicted octanol–water partition coefficient (Wildman–Crippen LogP) is 5.22. The third-order valence-corrected chi connectivity index (χ3v) is 4.73. The fourth-order valence-electron chi connectivity index (χ4n) is 3.50. The van der Waals surface area contributed by atoms with E-state index in [0.29, 0.717) is 6.04 Å². The van der Waals surface area contributed by atoms with E-state index >= 15 is 0 Å². The molecule has 0 bridgehead atoms. The molecule has 1 N–H and O–H groups in total. The summed E-state index contributed by atoms with van der Waals surface area (Å²) in [5.41, 5.74) is 1.33. The molecular weight excluding hydrogens is 266 g/mol. The summed E-state index contributed by atoms with van der Waals surface area (Å²) in [5, 5.41) is 4.65. The highest BCUT2D eigenvalue weighted by atomic mass is 35.5. The van der Waals surface area contributed by atoms with Gasteiger partial charge in [0.1, 0.15) is 0 Å². The maximum Gasteiger partial charge on any atom is 0.0408 e. The van der Waals surface area contributed by atoms with Crippen LogP contribution in [0, 0.1) is 5.92 Å². The smallest absolute Gasteiger partial charge is 0.0408 e. The Bertz CT molecular complexity index is 396. The van der Waals surface area contributed by atoms with Crippen LogP contribution in [0.2, 0.25) is 5.02 Å². The first-order chi connectivity index (χ1) is 9.67. The van der Waals surface area contributed by atoms with E-state index in [1.165, 1.54) is 44.1 Å². The molecular formula is C18H28ClN. The van der Waals surface area contributed by atoms with Crippen LogP contribution in [0.5, 0.6) is 0 Å². The number of nitrogens with one attached hydrogen (secondary N) is 1. The molecule has 0 spiro atoms. The van der Waals surface area contributed by atoms with Gasteiger partial charge in [0.25, 0.3) is 0 Å². The van der Waals surface area contributed by atoms with E-state index in [4.69, 9.17) is 11.6 Å². The fourth-order valence-corrected chi connectivity index (χ4v) is 3.72. The number of rotatable bonds is 6. The van der Waals surface area contributed by atoms with Crippen molar-refractivity contribution in [1.29, 1.82) is 0 Å². The van der Waals surface area contributed by atoms with Gasteiger partial charge in [0, 0.05) is 17.1 Å². The fraction of sp³-hybridized carbons (Fsp3) is 0.667. The molecule has 0 heterocycles. The molecule has 1 aromatic carbocycles. The third-order valence-electron chi connectivity index (χ3n) is 4.49. The van der Waals surface area contributed by atoms with E-state index in [0.717, 1.165) is 23.4 Å². The third kappa shape index (κ3) is 5.10. The minimum atomic E-state index is 0.529. The van der Waals surface area contributed by atoms with E-state index in [1.807, 2.05) is 12.1 Å². The normalized spacial score (nSPS) is 24.6. The lowest BCUT2D eigenvalue weighted by Crippen LogP contribution is -2.40. The number of hydrogen-bond acceptors (Lipinski definition) is 1. The van der Waals surface area contributed by atoms with E-state index in [1.54, 1.807) is 0 Å². The van der Waals surface area contributed by atoms with Crippen molar-refractivity contribution in [1.82, 2.24) is 5.32 Å². The second-order valence-electron chi connectivity index (χ2n) is 6.41. The summed E-state index contributed by atoms with van der Waals surface area (Å²) < 4.78 is 0. The molecule has 1 atom stereocenters. The van der Waals surface area contributed by atoms with Gasteiger partial charge in [-0.1, -0.05) is 43.5 Å². The van der Waals surface area contributed by atoms with Crippen LogP contribution >= 0.6 is 11.6 Å². The monoisotopic (exact) mass is 293 g/mol. The molecule has 2 rings (SSSR count). The summed E-state index contributed by atoms with van der Waals surface area (Å²) in [4.78, 5) is 0. The van der Waals surface area contributed by atoms with Gasteiger partial charge in [-0.25, -0.2) is 0 Å². The Morgan fingerprint density at radius 2 is 2.00 bits per heavy atom. The number of benzene rings is 1. The summed E-state index contributed by atoms with van der Waals surface area (Å²) in [6.45, 7) is 4.59. The van der Waals surface area contributed by atoms with E-state index < -0.39 is 0 Å². The summed E-state index contributed by atoms with van der Waals surface area (Å²) in [6.07, 6.45) is 9.36. The molecule has 1 nitrogen and oxygen atoms in total. The minimum Gasteiger partial charge on any atom is -0.311 e. The lowest BCUT2D eigenvalue weighted by molar-refractivity contribution is 0.265. The number of halogens is 1. The van der Waals surface area contributed by atoms with Crippen molar-refractivity contribution in [2.45, 2.75) is 70.9 Å². The Hall–Kier alpha value is -0.530. The first-order valence-electron chi connectivity index (χ1n) is 8.18. The van der Waals surface area contributed by atoms with Gasteiger partial charge in [-0.3, -0.25) is 0 Å². The number of hydrogen-bond donors (Lipinski definition) is 1. The average molecular weight is 294 g/mol. The molecule has 1 aromatic rings. The average Bonchev–Trinajstić information content (AvgIpc) is 2.41. The van der Waals surface area contributed by atoms with Crippen molar-refractivity contribution < 1.29 is 0 Å². The molecule has 1 aliphatic rings. The van der Waals surface area contributed by atoms with Crippen molar-refractivity contribution in [2.75, 3.05) is 0 Å². The first kappa shape index (κ1) is 15.9. The molecule has 1 fully saturated rings. The Kier molecular flexibility index (Phi) is 6.38. The summed E-state index contributed by atoms with van der Waals surface area (Å²) in [5.74, 6) is 0.987. The molecule has 1 unspecified atom stereocenters. The maximum atomic E-state index is 6.05. The Morgan fingerprint density at radius 1 is 1.25 bits per heavy atom. The molecule has 1 saturated carbocycles. The van der Waals surface area contributed by atoms with Gasteiger partial charge in [-0.15, -0.1) is 0 Å². The van der Waals surface area contributed by atoms with Crippen LogP contribution in [0.1, 0.15) is 57.9 Å². The van der Waals surface area contributed by atoms with Crippen LogP contribution in [-0.2, 0) is 6.42 Å². The summed E-state index contributed by atoms with van der Waals surface area (Å²) >= 11 is 6.05. The lowest BCUT2D eigenvalue weighted by Gasteiger charge is -2.31. The van der Waals surface area contributed by atoms with Crippen molar-refractivity contribution in [3.63, 3.8) is 0 Å². The molecule has 0 saturated heterocycles. The molecule has 0 amide bonds. The SMILES string of the molecule is CCCC1CCC(NC(C)Cc2cccc(Cl)c2)CC1. The highest BCUT2D eigenvalue weighted by Crippen LogP contribution is 2.28. The first-order valence-corrected chi connectivity index (χ1v) is 8.55. The van der Waals surface area contributed by atoms with E-state index in [2.05, 4.69) is 31.3 Å². The second-order valence-corrected chi connectivity index (χ2v) is 6.84. The second kappa shape index (κ2) is 8.05. The zero-order valence-corrected chi connectivity index (χ0v) is 13.6. The Balaban J connectivity index is 1.74. The molecule has 2 heteroatoms. The quantitative estimate of drug-likeness (QED) is 0.758. The highest BCUT2D eigenvalue weighted by Gasteiger charge is 2.21. The van der Waals surface area contributed by atoms with Crippen molar-refractivity contribution in [3.05, 3.63) is 34.9 Å². The molecule has 0 radical (unpaired) electrons. The van der Waals surface area contributed by atoms with Crippen LogP contribution in [0.4, 0.5) is 0 Å². The zero-order chi connectivity index (χ0) is 14.4. The van der Waals surface area contributed by atoms with Crippen LogP contribution < -0.4 is 5.32 Å². The minimum absolute atomic E-state index is 0.529. The van der Waals surface area contributed by atoms with Gasteiger partial charge in [0.05, 0.1) is 0 Å². The summed E-state index contributed by atoms with van der Waals surface area (Å²) in [7, 11) is 0. The van der Waals surface area contributed by atoms with Gasteiger partial charge in [-0.2, -0.15) is 0 Å². The molecule has 0 aliphatic heterocycles. The van der Waals surface area contributed by atoms with Crippen LogP contribution in [0.25, 0.3) is 0 Å². The standard InChI is InChI=1S/C18H28ClN/c1-3-5-15-8-10-18(11-9-15)20-14(2)12-16-6-4-7-17(19)13-16/h4,6-7,13-15,18,20H,3,5,8-12H2,1-2H3. The van der Waals surface area contributed by atoms with Crippen LogP contribution in [-0.4, -0.2) is 12.1 Å². The van der Waals surface area contributed by atoms with Gasteiger partial charge in [0.2, 0.25) is 0 Å². The van der Waals surface area contributed by atoms with E-state index in [9.17, 15) is 0 Å². The van der Waals surface area contributed by atoms with Crippen molar-refractivity contribution in [2.24, 2.45) is 5.92 Å². The molecule has 1 aliphatic carbocycles. The van der Waals surface area contributed by atoms with Gasteiger partial charge < -0.3 is 5.32 Å². The van der Waals surface area contributed by atoms with Crippen molar-refractivity contribution in [3.8, 4) is 0 Å². The van der Waals surface area contributed by atoms with Gasteiger partial charge >= 0.3 is 0 Å².